The predicted molar refractivity (Wildman–Crippen MR) is 60.0 cm³/mol. The van der Waals surface area contributed by atoms with Crippen LogP contribution in [0.25, 0.3) is 0 Å². The van der Waals surface area contributed by atoms with Crippen LogP contribution >= 0.6 is 15.9 Å². The highest BCUT2D eigenvalue weighted by Crippen LogP contribution is 2.19. The fourth-order valence-electron chi connectivity index (χ4n) is 1.18. The zero-order chi connectivity index (χ0) is 13.9. The average molecular weight is 324 g/mol. The van der Waals surface area contributed by atoms with Crippen LogP contribution < -0.4 is 5.32 Å². The molecule has 0 aliphatic rings. The molecular weight excluding hydrogens is 316 g/mol. The van der Waals surface area contributed by atoms with E-state index in [0.29, 0.717) is 0 Å². The number of hydrogen-bond donors (Lipinski definition) is 3. The fraction of sp³-hybridized carbons (Fsp3) is 0.200. The number of rotatable bonds is 4. The molecule has 18 heavy (non-hydrogen) atoms. The average Bonchev–Trinajstić information content (AvgIpc) is 2.23. The van der Waals surface area contributed by atoms with E-state index in [1.807, 2.05) is 0 Å². The Labute approximate surface area is 109 Å². The van der Waals surface area contributed by atoms with Crippen LogP contribution in [0.15, 0.2) is 16.6 Å². The van der Waals surface area contributed by atoms with Crippen LogP contribution in [-0.2, 0) is 4.79 Å². The number of benzene rings is 1. The van der Waals surface area contributed by atoms with Gasteiger partial charge in [0.1, 0.15) is 17.2 Å². The second-order valence-corrected chi connectivity index (χ2v) is 4.21. The molecule has 0 aliphatic heterocycles. The summed E-state index contributed by atoms with van der Waals surface area (Å²) in [6, 6.07) is 0.110. The molecule has 0 saturated heterocycles. The van der Waals surface area contributed by atoms with Gasteiger partial charge >= 0.3 is 5.97 Å². The molecule has 0 spiro atoms. The van der Waals surface area contributed by atoms with Crippen LogP contribution in [0.2, 0.25) is 0 Å². The Bertz CT molecular complexity index is 472. The Morgan fingerprint density at radius 1 is 1.33 bits per heavy atom. The number of aliphatic hydroxyl groups excluding tert-OH is 1. The molecule has 0 heterocycles. The summed E-state index contributed by atoms with van der Waals surface area (Å²) in [6.45, 7) is -0.888. The smallest absolute Gasteiger partial charge is 0.328 e. The van der Waals surface area contributed by atoms with E-state index in [1.165, 1.54) is 0 Å². The minimum absolute atomic E-state index is 0.103. The Kier molecular flexibility index (Phi) is 4.74. The first-order valence-corrected chi connectivity index (χ1v) is 5.45. The first kappa shape index (κ1) is 14.5. The van der Waals surface area contributed by atoms with Crippen LogP contribution in [0.5, 0.6) is 0 Å². The highest BCUT2D eigenvalue weighted by Gasteiger charge is 2.24. The van der Waals surface area contributed by atoms with Gasteiger partial charge in [-0.25, -0.2) is 13.6 Å². The number of carboxylic acid groups (broad SMARTS) is 1. The number of aliphatic carboxylic acids is 1. The Hall–Kier alpha value is -1.54. The number of carboxylic acids is 1. The van der Waals surface area contributed by atoms with Crippen molar-refractivity contribution in [2.45, 2.75) is 6.04 Å². The number of aliphatic hydroxyl groups is 1. The highest BCUT2D eigenvalue weighted by atomic mass is 79.9. The molecule has 0 aromatic heterocycles. The molecule has 1 rings (SSSR count). The predicted octanol–water partition coefficient (Wildman–Crippen LogP) is 0.903. The molecule has 0 fully saturated rings. The molecule has 8 heteroatoms. The third kappa shape index (κ3) is 3.23. The lowest BCUT2D eigenvalue weighted by Gasteiger charge is -2.12. The van der Waals surface area contributed by atoms with Gasteiger partial charge in [-0.1, -0.05) is 15.9 Å². The summed E-state index contributed by atoms with van der Waals surface area (Å²) in [5.74, 6) is -5.04. The lowest BCUT2D eigenvalue weighted by atomic mass is 10.1. The normalized spacial score (nSPS) is 12.0. The van der Waals surface area contributed by atoms with Gasteiger partial charge in [-0.2, -0.15) is 0 Å². The summed E-state index contributed by atoms with van der Waals surface area (Å²) in [5, 5.41) is 19.1. The monoisotopic (exact) mass is 323 g/mol. The summed E-state index contributed by atoms with van der Waals surface area (Å²) >= 11 is 2.84. The zero-order valence-corrected chi connectivity index (χ0v) is 10.4. The van der Waals surface area contributed by atoms with Crippen molar-refractivity contribution in [3.63, 3.8) is 0 Å². The highest BCUT2D eigenvalue weighted by molar-refractivity contribution is 9.10. The summed E-state index contributed by atoms with van der Waals surface area (Å²) in [5.41, 5.74) is -0.905. The van der Waals surface area contributed by atoms with Gasteiger partial charge in [-0.15, -0.1) is 0 Å². The number of amides is 1. The van der Waals surface area contributed by atoms with Crippen LogP contribution in [0.4, 0.5) is 8.78 Å². The van der Waals surface area contributed by atoms with Gasteiger partial charge in [0.15, 0.2) is 6.04 Å². The fourth-order valence-corrected chi connectivity index (χ4v) is 1.58. The quantitative estimate of drug-likeness (QED) is 0.768. The third-order valence-electron chi connectivity index (χ3n) is 2.02. The van der Waals surface area contributed by atoms with E-state index in [9.17, 15) is 18.4 Å². The van der Waals surface area contributed by atoms with Crippen LogP contribution in [-0.4, -0.2) is 34.7 Å². The van der Waals surface area contributed by atoms with E-state index in [1.54, 1.807) is 5.32 Å². The maximum atomic E-state index is 13.4. The SMILES string of the molecule is O=C(NC(CO)C(=O)O)c1c(F)cc(Br)cc1F. The van der Waals surface area contributed by atoms with E-state index in [0.717, 1.165) is 12.1 Å². The molecule has 1 atom stereocenters. The van der Waals surface area contributed by atoms with E-state index in [4.69, 9.17) is 10.2 Å². The number of hydrogen-bond acceptors (Lipinski definition) is 3. The molecule has 1 aromatic carbocycles. The second-order valence-electron chi connectivity index (χ2n) is 3.29. The molecule has 1 aromatic rings. The van der Waals surface area contributed by atoms with E-state index >= 15 is 0 Å². The minimum Gasteiger partial charge on any atom is -0.480 e. The van der Waals surface area contributed by atoms with Gasteiger partial charge in [0.05, 0.1) is 6.61 Å². The van der Waals surface area contributed by atoms with Crippen molar-refractivity contribution in [2.75, 3.05) is 6.61 Å². The molecule has 5 nitrogen and oxygen atoms in total. The number of carbonyl (C=O) groups is 2. The first-order chi connectivity index (χ1) is 8.36. The number of carbonyl (C=O) groups excluding carboxylic acids is 1. The minimum atomic E-state index is -1.63. The third-order valence-corrected chi connectivity index (χ3v) is 2.48. The zero-order valence-electron chi connectivity index (χ0n) is 8.78. The number of halogens is 3. The van der Waals surface area contributed by atoms with E-state index in [2.05, 4.69) is 15.9 Å². The molecule has 0 saturated carbocycles. The Morgan fingerprint density at radius 2 is 1.83 bits per heavy atom. The van der Waals surface area contributed by atoms with Crippen LogP contribution in [0, 0.1) is 11.6 Å². The first-order valence-electron chi connectivity index (χ1n) is 4.66. The van der Waals surface area contributed by atoms with Gasteiger partial charge in [0.25, 0.3) is 5.91 Å². The lowest BCUT2D eigenvalue weighted by molar-refractivity contribution is -0.140. The molecule has 98 valence electrons. The molecule has 0 aliphatic carbocycles. The van der Waals surface area contributed by atoms with Gasteiger partial charge < -0.3 is 15.5 Å². The van der Waals surface area contributed by atoms with Gasteiger partial charge in [-0.3, -0.25) is 4.79 Å². The summed E-state index contributed by atoms with van der Waals surface area (Å²) in [4.78, 5) is 22.0. The van der Waals surface area contributed by atoms with Crippen molar-refractivity contribution in [3.05, 3.63) is 33.8 Å². The molecular formula is C10H8BrF2NO4. The largest absolute Gasteiger partial charge is 0.480 e. The van der Waals surface area contributed by atoms with Gasteiger partial charge in [0, 0.05) is 4.47 Å². The molecule has 3 N–H and O–H groups in total. The van der Waals surface area contributed by atoms with Crippen LogP contribution in [0.3, 0.4) is 0 Å². The molecule has 0 bridgehead atoms. The van der Waals surface area contributed by atoms with Crippen molar-refractivity contribution < 1.29 is 28.6 Å². The van der Waals surface area contributed by atoms with Gasteiger partial charge in [0.2, 0.25) is 0 Å². The summed E-state index contributed by atoms with van der Waals surface area (Å²) in [7, 11) is 0. The van der Waals surface area contributed by atoms with Crippen molar-refractivity contribution >= 4 is 27.8 Å². The lowest BCUT2D eigenvalue weighted by Crippen LogP contribution is -2.43. The van der Waals surface area contributed by atoms with Crippen LogP contribution in [0.1, 0.15) is 10.4 Å². The topological polar surface area (TPSA) is 86.6 Å². The standard InChI is InChI=1S/C10H8BrF2NO4/c11-4-1-5(12)8(6(13)2-4)9(16)14-7(3-15)10(17)18/h1-2,7,15H,3H2,(H,14,16)(H,17,18). The Balaban J connectivity index is 3.01. The summed E-state index contributed by atoms with van der Waals surface area (Å²) < 4.78 is 26.9. The molecule has 1 amide bonds. The van der Waals surface area contributed by atoms with Crippen molar-refractivity contribution in [1.82, 2.24) is 5.32 Å². The number of nitrogens with one attached hydrogen (secondary N) is 1. The van der Waals surface area contributed by atoms with Crippen molar-refractivity contribution in [1.29, 1.82) is 0 Å². The molecule has 1 unspecified atom stereocenters. The van der Waals surface area contributed by atoms with Crippen molar-refractivity contribution in [2.24, 2.45) is 0 Å². The Morgan fingerprint density at radius 3 is 2.22 bits per heavy atom. The second kappa shape index (κ2) is 5.87. The van der Waals surface area contributed by atoms with Gasteiger partial charge in [-0.05, 0) is 12.1 Å². The van der Waals surface area contributed by atoms with E-state index < -0.39 is 41.7 Å². The maximum Gasteiger partial charge on any atom is 0.328 e. The molecule has 0 radical (unpaired) electrons. The van der Waals surface area contributed by atoms with Crippen molar-refractivity contribution in [3.8, 4) is 0 Å². The maximum absolute atomic E-state index is 13.4. The summed E-state index contributed by atoms with van der Waals surface area (Å²) in [6.07, 6.45) is 0. The van der Waals surface area contributed by atoms with E-state index in [-0.39, 0.29) is 4.47 Å².